The SMILES string of the molecule is CCNc1cnccc1C(=O)Nc1ccc(C)nc1. The van der Waals surface area contributed by atoms with Crippen molar-refractivity contribution >= 4 is 17.3 Å². The number of rotatable bonds is 4. The van der Waals surface area contributed by atoms with Crippen molar-refractivity contribution in [2.24, 2.45) is 0 Å². The molecule has 0 atom stereocenters. The van der Waals surface area contributed by atoms with Crippen LogP contribution < -0.4 is 10.6 Å². The number of aromatic nitrogens is 2. The molecule has 0 fully saturated rings. The maximum absolute atomic E-state index is 12.2. The van der Waals surface area contributed by atoms with Crippen LogP contribution in [0.25, 0.3) is 0 Å². The van der Waals surface area contributed by atoms with Gasteiger partial charge in [0.25, 0.3) is 5.91 Å². The standard InChI is InChI=1S/C14H16N4O/c1-3-16-13-9-15-7-6-12(13)14(19)18-11-5-4-10(2)17-8-11/h4-9,16H,3H2,1-2H3,(H,18,19). The first-order chi connectivity index (χ1) is 9.20. The molecule has 0 aromatic carbocycles. The van der Waals surface area contributed by atoms with Crippen molar-refractivity contribution in [2.75, 3.05) is 17.2 Å². The molecule has 2 aromatic rings. The average molecular weight is 256 g/mol. The van der Waals surface area contributed by atoms with Crippen LogP contribution in [0.15, 0.2) is 36.8 Å². The van der Waals surface area contributed by atoms with E-state index in [1.807, 2.05) is 26.0 Å². The zero-order valence-electron chi connectivity index (χ0n) is 11.0. The summed E-state index contributed by atoms with van der Waals surface area (Å²) in [4.78, 5) is 20.3. The highest BCUT2D eigenvalue weighted by atomic mass is 16.1. The van der Waals surface area contributed by atoms with Gasteiger partial charge in [-0.1, -0.05) is 0 Å². The van der Waals surface area contributed by atoms with Crippen molar-refractivity contribution in [3.63, 3.8) is 0 Å². The summed E-state index contributed by atoms with van der Waals surface area (Å²) in [6, 6.07) is 5.37. The zero-order chi connectivity index (χ0) is 13.7. The summed E-state index contributed by atoms with van der Waals surface area (Å²) >= 11 is 0. The molecule has 2 aromatic heterocycles. The van der Waals surface area contributed by atoms with E-state index < -0.39 is 0 Å². The number of aryl methyl sites for hydroxylation is 1. The van der Waals surface area contributed by atoms with Gasteiger partial charge in [0.1, 0.15) is 0 Å². The number of amides is 1. The Morgan fingerprint density at radius 3 is 2.79 bits per heavy atom. The molecule has 0 aliphatic heterocycles. The molecule has 19 heavy (non-hydrogen) atoms. The molecule has 2 heterocycles. The molecule has 0 aliphatic rings. The van der Waals surface area contributed by atoms with Gasteiger partial charge < -0.3 is 10.6 Å². The van der Waals surface area contributed by atoms with E-state index in [1.165, 1.54) is 0 Å². The molecule has 0 saturated heterocycles. The molecule has 2 N–H and O–H groups in total. The summed E-state index contributed by atoms with van der Waals surface area (Å²) in [5, 5.41) is 5.93. The van der Waals surface area contributed by atoms with Crippen molar-refractivity contribution in [3.8, 4) is 0 Å². The Labute approximate surface area is 112 Å². The lowest BCUT2D eigenvalue weighted by atomic mass is 10.2. The van der Waals surface area contributed by atoms with Gasteiger partial charge in [-0.25, -0.2) is 0 Å². The van der Waals surface area contributed by atoms with Gasteiger partial charge in [-0.2, -0.15) is 0 Å². The van der Waals surface area contributed by atoms with Crippen molar-refractivity contribution < 1.29 is 4.79 Å². The van der Waals surface area contributed by atoms with Crippen molar-refractivity contribution in [3.05, 3.63) is 48.0 Å². The van der Waals surface area contributed by atoms with Gasteiger partial charge in [0, 0.05) is 18.4 Å². The zero-order valence-corrected chi connectivity index (χ0v) is 11.0. The maximum atomic E-state index is 12.2. The highest BCUT2D eigenvalue weighted by molar-refractivity contribution is 6.07. The number of hydrogen-bond acceptors (Lipinski definition) is 4. The Balaban J connectivity index is 2.18. The fourth-order valence-corrected chi connectivity index (χ4v) is 1.66. The summed E-state index contributed by atoms with van der Waals surface area (Å²) in [7, 11) is 0. The summed E-state index contributed by atoms with van der Waals surface area (Å²) in [5.74, 6) is -0.177. The molecular formula is C14H16N4O. The van der Waals surface area contributed by atoms with Crippen LogP contribution in [0.2, 0.25) is 0 Å². The smallest absolute Gasteiger partial charge is 0.257 e. The number of hydrogen-bond donors (Lipinski definition) is 2. The lowest BCUT2D eigenvalue weighted by Crippen LogP contribution is -2.15. The molecule has 0 bridgehead atoms. The topological polar surface area (TPSA) is 66.9 Å². The third-order valence-corrected chi connectivity index (χ3v) is 2.60. The Bertz CT molecular complexity index is 566. The van der Waals surface area contributed by atoms with Crippen LogP contribution in [-0.2, 0) is 0 Å². The predicted octanol–water partition coefficient (Wildman–Crippen LogP) is 2.47. The molecule has 0 radical (unpaired) electrons. The molecule has 0 saturated carbocycles. The summed E-state index contributed by atoms with van der Waals surface area (Å²) < 4.78 is 0. The molecule has 1 amide bonds. The monoisotopic (exact) mass is 256 g/mol. The van der Waals surface area contributed by atoms with E-state index in [0.717, 1.165) is 17.9 Å². The van der Waals surface area contributed by atoms with Crippen LogP contribution in [0.5, 0.6) is 0 Å². The number of nitrogens with one attached hydrogen (secondary N) is 2. The van der Waals surface area contributed by atoms with E-state index in [9.17, 15) is 4.79 Å². The maximum Gasteiger partial charge on any atom is 0.257 e. The lowest BCUT2D eigenvalue weighted by Gasteiger charge is -2.10. The van der Waals surface area contributed by atoms with E-state index in [4.69, 9.17) is 0 Å². The fraction of sp³-hybridized carbons (Fsp3) is 0.214. The minimum Gasteiger partial charge on any atom is -0.383 e. The molecule has 5 heteroatoms. The lowest BCUT2D eigenvalue weighted by molar-refractivity contribution is 0.102. The third-order valence-electron chi connectivity index (χ3n) is 2.60. The summed E-state index contributed by atoms with van der Waals surface area (Å²) in [6.45, 7) is 4.61. The molecular weight excluding hydrogens is 240 g/mol. The van der Waals surface area contributed by atoms with Gasteiger partial charge in [0.15, 0.2) is 0 Å². The normalized spacial score (nSPS) is 10.0. The number of pyridine rings is 2. The summed E-state index contributed by atoms with van der Waals surface area (Å²) in [5.41, 5.74) is 2.88. The first-order valence-corrected chi connectivity index (χ1v) is 6.12. The third kappa shape index (κ3) is 3.28. The van der Waals surface area contributed by atoms with Crippen LogP contribution in [0.3, 0.4) is 0 Å². The highest BCUT2D eigenvalue weighted by Gasteiger charge is 2.11. The van der Waals surface area contributed by atoms with Crippen molar-refractivity contribution in [2.45, 2.75) is 13.8 Å². The van der Waals surface area contributed by atoms with Crippen LogP contribution in [0.1, 0.15) is 23.0 Å². The molecule has 98 valence electrons. The van der Waals surface area contributed by atoms with Gasteiger partial charge in [-0.15, -0.1) is 0 Å². The number of anilines is 2. The molecule has 0 aliphatic carbocycles. The number of nitrogens with zero attached hydrogens (tertiary/aromatic N) is 2. The van der Waals surface area contributed by atoms with E-state index in [0.29, 0.717) is 11.3 Å². The van der Waals surface area contributed by atoms with Gasteiger partial charge in [-0.3, -0.25) is 14.8 Å². The van der Waals surface area contributed by atoms with Crippen molar-refractivity contribution in [1.29, 1.82) is 0 Å². The number of carbonyl (C=O) groups excluding carboxylic acids is 1. The first-order valence-electron chi connectivity index (χ1n) is 6.12. The van der Waals surface area contributed by atoms with Gasteiger partial charge in [-0.05, 0) is 32.0 Å². The molecule has 0 spiro atoms. The van der Waals surface area contributed by atoms with Gasteiger partial charge in [0.2, 0.25) is 0 Å². The minimum atomic E-state index is -0.177. The minimum absolute atomic E-state index is 0.177. The first kappa shape index (κ1) is 13.0. The second-order valence-electron chi connectivity index (χ2n) is 4.09. The quantitative estimate of drug-likeness (QED) is 0.881. The molecule has 5 nitrogen and oxygen atoms in total. The van der Waals surface area contributed by atoms with E-state index >= 15 is 0 Å². The Morgan fingerprint density at radius 1 is 1.26 bits per heavy atom. The van der Waals surface area contributed by atoms with Crippen LogP contribution >= 0.6 is 0 Å². The van der Waals surface area contributed by atoms with E-state index in [-0.39, 0.29) is 5.91 Å². The Hall–Kier alpha value is -2.43. The second kappa shape index (κ2) is 5.95. The largest absolute Gasteiger partial charge is 0.383 e. The van der Waals surface area contributed by atoms with Crippen molar-refractivity contribution in [1.82, 2.24) is 9.97 Å². The molecule has 0 unspecified atom stereocenters. The Kier molecular flexibility index (Phi) is 4.07. The van der Waals surface area contributed by atoms with E-state index in [1.54, 1.807) is 24.7 Å². The highest BCUT2D eigenvalue weighted by Crippen LogP contribution is 2.15. The predicted molar refractivity (Wildman–Crippen MR) is 75.3 cm³/mol. The van der Waals surface area contributed by atoms with Gasteiger partial charge >= 0.3 is 0 Å². The van der Waals surface area contributed by atoms with Crippen LogP contribution in [-0.4, -0.2) is 22.4 Å². The summed E-state index contributed by atoms with van der Waals surface area (Å²) in [6.07, 6.45) is 4.89. The van der Waals surface area contributed by atoms with Gasteiger partial charge in [0.05, 0.1) is 29.3 Å². The fourth-order valence-electron chi connectivity index (χ4n) is 1.66. The Morgan fingerprint density at radius 2 is 2.11 bits per heavy atom. The molecule has 2 rings (SSSR count). The average Bonchev–Trinajstić information content (AvgIpc) is 2.42. The van der Waals surface area contributed by atoms with Crippen LogP contribution in [0.4, 0.5) is 11.4 Å². The van der Waals surface area contributed by atoms with Crippen LogP contribution in [0, 0.1) is 6.92 Å². The number of carbonyl (C=O) groups is 1. The van der Waals surface area contributed by atoms with E-state index in [2.05, 4.69) is 20.6 Å². The second-order valence-corrected chi connectivity index (χ2v) is 4.09.